The van der Waals surface area contributed by atoms with Crippen LogP contribution < -0.4 is 10.2 Å². The third kappa shape index (κ3) is 5.60. The van der Waals surface area contributed by atoms with Crippen LogP contribution in [0.2, 0.25) is 5.15 Å². The summed E-state index contributed by atoms with van der Waals surface area (Å²) in [6.45, 7) is 0.285. The van der Waals surface area contributed by atoms with Crippen molar-refractivity contribution in [2.45, 2.75) is 6.61 Å². The Morgan fingerprint density at radius 2 is 1.90 bits per heavy atom. The molecule has 0 spiro atoms. The minimum atomic E-state index is -0.456. The SMILES string of the molecule is O=C(NN=Cc1ccc(OCc2ccc([N+](=O)[O-])cc2)cc1)c1cccnc1Cl. The highest BCUT2D eigenvalue weighted by molar-refractivity contribution is 6.32. The number of nitrogens with one attached hydrogen (secondary N) is 1. The average molecular weight is 411 g/mol. The van der Waals surface area contributed by atoms with Crippen molar-refractivity contribution in [2.75, 3.05) is 0 Å². The number of benzene rings is 2. The number of amides is 1. The molecule has 1 amide bonds. The Kier molecular flexibility index (Phi) is 6.49. The van der Waals surface area contributed by atoms with Crippen molar-refractivity contribution in [3.05, 3.63) is 98.8 Å². The van der Waals surface area contributed by atoms with Gasteiger partial charge in [-0.25, -0.2) is 10.4 Å². The molecule has 0 fully saturated rings. The van der Waals surface area contributed by atoms with Crippen molar-refractivity contribution in [2.24, 2.45) is 5.10 Å². The van der Waals surface area contributed by atoms with Crippen LogP contribution >= 0.6 is 11.6 Å². The van der Waals surface area contributed by atoms with Gasteiger partial charge < -0.3 is 4.74 Å². The smallest absolute Gasteiger partial charge is 0.274 e. The minimum absolute atomic E-state index is 0.0373. The summed E-state index contributed by atoms with van der Waals surface area (Å²) in [5.41, 5.74) is 4.24. The van der Waals surface area contributed by atoms with Gasteiger partial charge in [0.05, 0.1) is 16.7 Å². The third-order valence-electron chi connectivity index (χ3n) is 3.82. The minimum Gasteiger partial charge on any atom is -0.489 e. The van der Waals surface area contributed by atoms with Crippen LogP contribution in [0.4, 0.5) is 5.69 Å². The lowest BCUT2D eigenvalue weighted by Crippen LogP contribution is -2.18. The zero-order valence-corrected chi connectivity index (χ0v) is 15.7. The summed E-state index contributed by atoms with van der Waals surface area (Å²) < 4.78 is 5.66. The van der Waals surface area contributed by atoms with E-state index in [0.717, 1.165) is 11.1 Å². The molecule has 2 aromatic carbocycles. The van der Waals surface area contributed by atoms with Gasteiger partial charge in [0.2, 0.25) is 0 Å². The largest absolute Gasteiger partial charge is 0.489 e. The van der Waals surface area contributed by atoms with Gasteiger partial charge in [-0.1, -0.05) is 11.6 Å². The Labute approximate surface area is 171 Å². The lowest BCUT2D eigenvalue weighted by Gasteiger charge is -2.06. The second-order valence-electron chi connectivity index (χ2n) is 5.82. The van der Waals surface area contributed by atoms with Gasteiger partial charge in [0, 0.05) is 18.3 Å². The number of halogens is 1. The van der Waals surface area contributed by atoms with Crippen LogP contribution in [0, 0.1) is 10.1 Å². The van der Waals surface area contributed by atoms with Crippen molar-refractivity contribution >= 4 is 29.4 Å². The normalized spacial score (nSPS) is 10.7. The van der Waals surface area contributed by atoms with Gasteiger partial charge in [0.15, 0.2) is 0 Å². The Morgan fingerprint density at radius 3 is 2.55 bits per heavy atom. The molecule has 0 radical (unpaired) electrons. The number of nitro groups is 1. The predicted octanol–water partition coefficient (Wildman–Crippen LogP) is 3.99. The average Bonchev–Trinajstić information content (AvgIpc) is 2.73. The van der Waals surface area contributed by atoms with Crippen LogP contribution in [0.1, 0.15) is 21.5 Å². The van der Waals surface area contributed by atoms with Gasteiger partial charge in [0.25, 0.3) is 11.6 Å². The third-order valence-corrected chi connectivity index (χ3v) is 4.12. The Balaban J connectivity index is 1.52. The van der Waals surface area contributed by atoms with Crippen LogP contribution in [0.3, 0.4) is 0 Å². The second-order valence-corrected chi connectivity index (χ2v) is 6.18. The first-order valence-electron chi connectivity index (χ1n) is 8.43. The van der Waals surface area contributed by atoms with E-state index < -0.39 is 10.8 Å². The molecule has 0 unspecified atom stereocenters. The standard InChI is InChI=1S/C20H15ClN4O4/c21-19-18(2-1-11-22-19)20(26)24-23-12-14-5-9-17(10-6-14)29-13-15-3-7-16(8-4-15)25(27)28/h1-12H,13H2,(H,24,26). The molecular weight excluding hydrogens is 396 g/mol. The number of ether oxygens (including phenoxy) is 1. The number of carbonyl (C=O) groups excluding carboxylic acids is 1. The van der Waals surface area contributed by atoms with Gasteiger partial charge in [-0.3, -0.25) is 14.9 Å². The topological polar surface area (TPSA) is 107 Å². The Morgan fingerprint density at radius 1 is 1.17 bits per heavy atom. The summed E-state index contributed by atoms with van der Waals surface area (Å²) in [4.78, 5) is 26.0. The molecule has 0 aliphatic carbocycles. The second kappa shape index (κ2) is 9.43. The quantitative estimate of drug-likeness (QED) is 0.274. The number of non-ortho nitro benzene ring substituents is 1. The molecule has 1 N–H and O–H groups in total. The molecule has 0 aliphatic heterocycles. The molecule has 29 heavy (non-hydrogen) atoms. The van der Waals surface area contributed by atoms with Crippen LogP contribution in [0.5, 0.6) is 5.75 Å². The van der Waals surface area contributed by atoms with E-state index in [1.54, 1.807) is 48.5 Å². The van der Waals surface area contributed by atoms with E-state index in [1.807, 2.05) is 0 Å². The Hall–Kier alpha value is -3.78. The molecule has 0 bridgehead atoms. The number of nitrogens with zero attached hydrogens (tertiary/aromatic N) is 3. The van der Waals surface area contributed by atoms with Crippen molar-refractivity contribution in [3.8, 4) is 5.75 Å². The molecule has 3 rings (SSSR count). The fourth-order valence-electron chi connectivity index (χ4n) is 2.31. The maximum Gasteiger partial charge on any atom is 0.274 e. The monoisotopic (exact) mass is 410 g/mol. The molecule has 0 saturated carbocycles. The number of nitro benzene ring substituents is 1. The van der Waals surface area contributed by atoms with E-state index in [4.69, 9.17) is 16.3 Å². The van der Waals surface area contributed by atoms with Crippen molar-refractivity contribution < 1.29 is 14.5 Å². The summed E-state index contributed by atoms with van der Waals surface area (Å²) >= 11 is 5.86. The highest BCUT2D eigenvalue weighted by Gasteiger charge is 2.09. The highest BCUT2D eigenvalue weighted by Crippen LogP contribution is 2.16. The predicted molar refractivity (Wildman–Crippen MR) is 108 cm³/mol. The van der Waals surface area contributed by atoms with E-state index in [2.05, 4.69) is 15.5 Å². The molecule has 0 saturated heterocycles. The number of hydrogen-bond donors (Lipinski definition) is 1. The van der Waals surface area contributed by atoms with Crippen LogP contribution in [0.25, 0.3) is 0 Å². The van der Waals surface area contributed by atoms with Crippen LogP contribution in [-0.4, -0.2) is 22.0 Å². The molecular formula is C20H15ClN4O4. The number of hydrazone groups is 1. The van der Waals surface area contributed by atoms with Gasteiger partial charge >= 0.3 is 0 Å². The van der Waals surface area contributed by atoms with E-state index in [0.29, 0.717) is 5.75 Å². The summed E-state index contributed by atoms with van der Waals surface area (Å²) in [5.74, 6) is 0.175. The number of hydrogen-bond acceptors (Lipinski definition) is 6. The molecule has 0 aliphatic rings. The fourth-order valence-corrected chi connectivity index (χ4v) is 2.52. The zero-order valence-electron chi connectivity index (χ0n) is 15.0. The van der Waals surface area contributed by atoms with Crippen molar-refractivity contribution in [1.82, 2.24) is 10.4 Å². The number of rotatable bonds is 7. The van der Waals surface area contributed by atoms with Crippen molar-refractivity contribution in [3.63, 3.8) is 0 Å². The van der Waals surface area contributed by atoms with E-state index in [1.165, 1.54) is 24.5 Å². The molecule has 8 nitrogen and oxygen atoms in total. The molecule has 0 atom stereocenters. The number of pyridine rings is 1. The first-order valence-corrected chi connectivity index (χ1v) is 8.81. The number of aromatic nitrogens is 1. The summed E-state index contributed by atoms with van der Waals surface area (Å²) in [5, 5.41) is 14.7. The van der Waals surface area contributed by atoms with E-state index >= 15 is 0 Å². The Bertz CT molecular complexity index is 1040. The molecule has 1 aromatic heterocycles. The summed E-state index contributed by atoms with van der Waals surface area (Å²) in [7, 11) is 0. The fraction of sp³-hybridized carbons (Fsp3) is 0.0500. The van der Waals surface area contributed by atoms with E-state index in [-0.39, 0.29) is 23.0 Å². The first-order chi connectivity index (χ1) is 14.0. The molecule has 3 aromatic rings. The van der Waals surface area contributed by atoms with Crippen molar-refractivity contribution in [1.29, 1.82) is 0 Å². The lowest BCUT2D eigenvalue weighted by molar-refractivity contribution is -0.384. The zero-order chi connectivity index (χ0) is 20.6. The lowest BCUT2D eigenvalue weighted by atomic mass is 10.2. The maximum absolute atomic E-state index is 12.0. The highest BCUT2D eigenvalue weighted by atomic mass is 35.5. The van der Waals surface area contributed by atoms with Gasteiger partial charge in [-0.05, 0) is 59.7 Å². The first kappa shape index (κ1) is 20.0. The summed E-state index contributed by atoms with van der Waals surface area (Å²) in [6.07, 6.45) is 2.98. The van der Waals surface area contributed by atoms with Crippen LogP contribution in [0.15, 0.2) is 72.0 Å². The van der Waals surface area contributed by atoms with E-state index in [9.17, 15) is 14.9 Å². The number of carbonyl (C=O) groups is 1. The molecule has 9 heteroatoms. The molecule has 146 valence electrons. The van der Waals surface area contributed by atoms with Gasteiger partial charge in [0.1, 0.15) is 17.5 Å². The molecule has 1 heterocycles. The van der Waals surface area contributed by atoms with Crippen LogP contribution in [-0.2, 0) is 6.61 Å². The maximum atomic E-state index is 12.0. The summed E-state index contributed by atoms with van der Waals surface area (Å²) in [6, 6.07) is 16.4. The van der Waals surface area contributed by atoms with Gasteiger partial charge in [-0.2, -0.15) is 5.10 Å². The van der Waals surface area contributed by atoms with Gasteiger partial charge in [-0.15, -0.1) is 0 Å².